The normalized spacial score (nSPS) is 12.2. The van der Waals surface area contributed by atoms with Crippen LogP contribution in [-0.2, 0) is 4.79 Å². The maximum atomic E-state index is 11.8. The van der Waals surface area contributed by atoms with E-state index in [2.05, 4.69) is 0 Å². The van der Waals surface area contributed by atoms with Gasteiger partial charge < -0.3 is 4.90 Å². The summed E-state index contributed by atoms with van der Waals surface area (Å²) in [6.45, 7) is 3.99. The van der Waals surface area contributed by atoms with Gasteiger partial charge in [-0.05, 0) is 18.6 Å². The van der Waals surface area contributed by atoms with Crippen LogP contribution in [0.15, 0.2) is 30.3 Å². The highest BCUT2D eigenvalue weighted by Crippen LogP contribution is 2.15. The molecule has 0 spiro atoms. The van der Waals surface area contributed by atoms with Crippen LogP contribution in [0.25, 0.3) is 0 Å². The Bertz CT molecular complexity index is 294. The van der Waals surface area contributed by atoms with E-state index in [0.29, 0.717) is 0 Å². The number of carbonyl (C=O) groups is 1. The molecule has 2 nitrogen and oxygen atoms in total. The van der Waals surface area contributed by atoms with E-state index < -0.39 is 0 Å². The predicted octanol–water partition coefficient (Wildman–Crippen LogP) is 2.70. The van der Waals surface area contributed by atoms with E-state index in [1.807, 2.05) is 51.2 Å². The standard InChI is InChI=1S/C12H17NO/c1-4-10(2)12(14)13(3)11-8-6-5-7-9-11/h5-10H,4H2,1-3H3/t10-/m0/s1. The van der Waals surface area contributed by atoms with Gasteiger partial charge in [-0.1, -0.05) is 32.0 Å². The summed E-state index contributed by atoms with van der Waals surface area (Å²) >= 11 is 0. The van der Waals surface area contributed by atoms with Crippen molar-refractivity contribution in [1.82, 2.24) is 0 Å². The summed E-state index contributed by atoms with van der Waals surface area (Å²) in [4.78, 5) is 13.5. The van der Waals surface area contributed by atoms with Crippen molar-refractivity contribution in [2.45, 2.75) is 20.3 Å². The zero-order chi connectivity index (χ0) is 10.6. The van der Waals surface area contributed by atoms with Crippen molar-refractivity contribution in [3.63, 3.8) is 0 Å². The van der Waals surface area contributed by atoms with Crippen molar-refractivity contribution in [2.75, 3.05) is 11.9 Å². The third kappa shape index (κ3) is 2.34. The number of benzene rings is 1. The van der Waals surface area contributed by atoms with Crippen molar-refractivity contribution in [3.8, 4) is 0 Å². The molecular formula is C12H17NO. The van der Waals surface area contributed by atoms with Gasteiger partial charge in [0.05, 0.1) is 0 Å². The Kier molecular flexibility index (Phi) is 3.69. The second kappa shape index (κ2) is 4.80. The fraction of sp³-hybridized carbons (Fsp3) is 0.417. The molecule has 1 amide bonds. The van der Waals surface area contributed by atoms with Crippen LogP contribution in [0.1, 0.15) is 20.3 Å². The quantitative estimate of drug-likeness (QED) is 0.719. The minimum Gasteiger partial charge on any atom is -0.315 e. The lowest BCUT2D eigenvalue weighted by molar-refractivity contribution is -0.121. The molecule has 0 bridgehead atoms. The molecule has 0 heterocycles. The molecule has 1 rings (SSSR count). The van der Waals surface area contributed by atoms with Gasteiger partial charge >= 0.3 is 0 Å². The Morgan fingerprint density at radius 1 is 1.36 bits per heavy atom. The van der Waals surface area contributed by atoms with Crippen molar-refractivity contribution in [3.05, 3.63) is 30.3 Å². The highest BCUT2D eigenvalue weighted by Gasteiger charge is 2.16. The van der Waals surface area contributed by atoms with Crippen molar-refractivity contribution >= 4 is 11.6 Å². The van der Waals surface area contributed by atoms with E-state index >= 15 is 0 Å². The van der Waals surface area contributed by atoms with Crippen molar-refractivity contribution in [2.24, 2.45) is 5.92 Å². The molecule has 0 fully saturated rings. The summed E-state index contributed by atoms with van der Waals surface area (Å²) in [5.41, 5.74) is 0.956. The number of carbonyl (C=O) groups excluding carboxylic acids is 1. The predicted molar refractivity (Wildman–Crippen MR) is 59.3 cm³/mol. The maximum absolute atomic E-state index is 11.8. The van der Waals surface area contributed by atoms with Gasteiger partial charge in [-0.2, -0.15) is 0 Å². The molecule has 1 aromatic carbocycles. The number of amides is 1. The van der Waals surface area contributed by atoms with E-state index in [0.717, 1.165) is 12.1 Å². The van der Waals surface area contributed by atoms with Gasteiger partial charge in [0.1, 0.15) is 0 Å². The van der Waals surface area contributed by atoms with E-state index in [1.54, 1.807) is 4.90 Å². The van der Waals surface area contributed by atoms with Gasteiger partial charge in [0, 0.05) is 18.7 Å². The first kappa shape index (κ1) is 10.8. The third-order valence-electron chi connectivity index (χ3n) is 2.51. The molecule has 0 aliphatic heterocycles. The van der Waals surface area contributed by atoms with Gasteiger partial charge in [-0.15, -0.1) is 0 Å². The lowest BCUT2D eigenvalue weighted by atomic mass is 10.1. The van der Waals surface area contributed by atoms with Crippen LogP contribution in [0.3, 0.4) is 0 Å². The lowest BCUT2D eigenvalue weighted by Crippen LogP contribution is -2.31. The Hall–Kier alpha value is -1.31. The number of rotatable bonds is 3. The fourth-order valence-electron chi connectivity index (χ4n) is 1.28. The maximum Gasteiger partial charge on any atom is 0.229 e. The molecule has 0 unspecified atom stereocenters. The highest BCUT2D eigenvalue weighted by molar-refractivity contribution is 5.94. The SMILES string of the molecule is CC[C@H](C)C(=O)N(C)c1ccccc1. The van der Waals surface area contributed by atoms with Gasteiger partial charge in [-0.3, -0.25) is 4.79 Å². The van der Waals surface area contributed by atoms with Crippen LogP contribution in [-0.4, -0.2) is 13.0 Å². The van der Waals surface area contributed by atoms with E-state index in [-0.39, 0.29) is 11.8 Å². The second-order valence-electron chi connectivity index (χ2n) is 3.54. The van der Waals surface area contributed by atoms with Crippen molar-refractivity contribution in [1.29, 1.82) is 0 Å². The van der Waals surface area contributed by atoms with Crippen LogP contribution in [0, 0.1) is 5.92 Å². The molecule has 76 valence electrons. The summed E-state index contributed by atoms with van der Waals surface area (Å²) in [6, 6.07) is 9.72. The molecule has 0 aromatic heterocycles. The van der Waals surface area contributed by atoms with Crippen LogP contribution in [0.5, 0.6) is 0 Å². The molecule has 2 heteroatoms. The zero-order valence-electron chi connectivity index (χ0n) is 9.03. The van der Waals surface area contributed by atoms with E-state index in [9.17, 15) is 4.79 Å². The molecule has 0 saturated carbocycles. The number of anilines is 1. The highest BCUT2D eigenvalue weighted by atomic mass is 16.2. The van der Waals surface area contributed by atoms with Gasteiger partial charge in [0.25, 0.3) is 0 Å². The monoisotopic (exact) mass is 191 g/mol. The molecule has 0 aliphatic rings. The Morgan fingerprint density at radius 2 is 1.93 bits per heavy atom. The molecule has 1 aromatic rings. The average molecular weight is 191 g/mol. The summed E-state index contributed by atoms with van der Waals surface area (Å²) < 4.78 is 0. The Labute approximate surface area is 85.5 Å². The first-order valence-corrected chi connectivity index (χ1v) is 4.99. The number of hydrogen-bond acceptors (Lipinski definition) is 1. The number of hydrogen-bond donors (Lipinski definition) is 0. The topological polar surface area (TPSA) is 20.3 Å². The smallest absolute Gasteiger partial charge is 0.229 e. The summed E-state index contributed by atoms with van der Waals surface area (Å²) in [5, 5.41) is 0. The summed E-state index contributed by atoms with van der Waals surface area (Å²) in [5.74, 6) is 0.277. The zero-order valence-corrected chi connectivity index (χ0v) is 9.03. The molecular weight excluding hydrogens is 174 g/mol. The van der Waals surface area contributed by atoms with Crippen LogP contribution in [0.4, 0.5) is 5.69 Å². The molecule has 1 atom stereocenters. The minimum atomic E-state index is 0.0974. The average Bonchev–Trinajstić information content (AvgIpc) is 2.27. The van der Waals surface area contributed by atoms with Crippen LogP contribution >= 0.6 is 0 Å². The molecule has 0 N–H and O–H groups in total. The Balaban J connectivity index is 2.76. The van der Waals surface area contributed by atoms with Crippen molar-refractivity contribution < 1.29 is 4.79 Å². The molecule has 0 saturated heterocycles. The number of nitrogens with zero attached hydrogens (tertiary/aromatic N) is 1. The number of para-hydroxylation sites is 1. The first-order chi connectivity index (χ1) is 6.66. The largest absolute Gasteiger partial charge is 0.315 e. The molecule has 14 heavy (non-hydrogen) atoms. The lowest BCUT2D eigenvalue weighted by Gasteiger charge is -2.20. The van der Waals surface area contributed by atoms with Crippen LogP contribution < -0.4 is 4.90 Å². The van der Waals surface area contributed by atoms with Gasteiger partial charge in [-0.25, -0.2) is 0 Å². The fourth-order valence-corrected chi connectivity index (χ4v) is 1.28. The third-order valence-corrected chi connectivity index (χ3v) is 2.51. The second-order valence-corrected chi connectivity index (χ2v) is 3.54. The van der Waals surface area contributed by atoms with E-state index in [4.69, 9.17) is 0 Å². The first-order valence-electron chi connectivity index (χ1n) is 4.99. The molecule has 0 aliphatic carbocycles. The van der Waals surface area contributed by atoms with Crippen LogP contribution in [0.2, 0.25) is 0 Å². The van der Waals surface area contributed by atoms with Gasteiger partial charge in [0.15, 0.2) is 0 Å². The summed E-state index contributed by atoms with van der Waals surface area (Å²) in [6.07, 6.45) is 0.885. The minimum absolute atomic E-state index is 0.0974. The summed E-state index contributed by atoms with van der Waals surface area (Å²) in [7, 11) is 1.82. The molecule has 0 radical (unpaired) electrons. The van der Waals surface area contributed by atoms with E-state index in [1.165, 1.54) is 0 Å². The van der Waals surface area contributed by atoms with Gasteiger partial charge in [0.2, 0.25) is 5.91 Å². The Morgan fingerprint density at radius 3 is 2.43 bits per heavy atom.